The van der Waals surface area contributed by atoms with Crippen molar-refractivity contribution in [3.05, 3.63) is 23.8 Å². The summed E-state index contributed by atoms with van der Waals surface area (Å²) in [6.07, 6.45) is 9.34. The van der Waals surface area contributed by atoms with Crippen molar-refractivity contribution < 1.29 is 43.1 Å². The Hall–Kier alpha value is -1.62. The van der Waals surface area contributed by atoms with Crippen molar-refractivity contribution in [1.29, 1.82) is 0 Å². The van der Waals surface area contributed by atoms with Crippen LogP contribution in [-0.4, -0.2) is 87.2 Å². The number of ether oxygens (including phenoxy) is 6. The summed E-state index contributed by atoms with van der Waals surface area (Å²) in [4.78, 5) is 26.7. The minimum absolute atomic E-state index is 0.0214. The van der Waals surface area contributed by atoms with E-state index in [1.165, 1.54) is 0 Å². The number of aliphatic hydroxyl groups excluding tert-OH is 1. The number of hydrogen-bond donors (Lipinski definition) is 1. The summed E-state index contributed by atoms with van der Waals surface area (Å²) in [7, 11) is 4.95. The third-order valence-electron chi connectivity index (χ3n) is 11.0. The van der Waals surface area contributed by atoms with Gasteiger partial charge in [0.15, 0.2) is 12.1 Å². The Labute approximate surface area is 256 Å². The first kappa shape index (κ1) is 32.8. The minimum atomic E-state index is -0.710. The maximum absolute atomic E-state index is 13.9. The van der Waals surface area contributed by atoms with Crippen LogP contribution in [0.4, 0.5) is 0 Å². The van der Waals surface area contributed by atoms with Gasteiger partial charge in [0.1, 0.15) is 24.4 Å². The van der Waals surface area contributed by atoms with E-state index in [4.69, 9.17) is 28.4 Å². The van der Waals surface area contributed by atoms with Gasteiger partial charge in [-0.15, -0.1) is 0 Å². The fourth-order valence-corrected chi connectivity index (χ4v) is 8.52. The SMILES string of the molecule is CC[C@H]1CCC[C@H](O)[C@@H](C)C(=O)C2=C[C@@H]3[C@@H](C=C[C@@H]4C[C@@H](O[C@@H]5O[C@H](C)[C@H](OC)[C@H](OC)[C@H]5OC)C[C@@H]34)[C@@H]2CCC(=O)O1. The highest BCUT2D eigenvalue weighted by molar-refractivity contribution is 5.98. The normalized spacial score (nSPS) is 45.6. The van der Waals surface area contributed by atoms with Crippen LogP contribution < -0.4 is 0 Å². The smallest absolute Gasteiger partial charge is 0.306 e. The van der Waals surface area contributed by atoms with Crippen molar-refractivity contribution in [3.8, 4) is 0 Å². The average molecular weight is 605 g/mol. The minimum Gasteiger partial charge on any atom is -0.462 e. The number of Topliss-reactive ketones (excluding diaryl/α,β-unsaturated/α-hetero) is 1. The summed E-state index contributed by atoms with van der Waals surface area (Å²) in [5.41, 5.74) is 0.785. The van der Waals surface area contributed by atoms with Crippen molar-refractivity contribution in [2.75, 3.05) is 21.3 Å². The lowest BCUT2D eigenvalue weighted by Crippen LogP contribution is -2.59. The van der Waals surface area contributed by atoms with E-state index in [0.29, 0.717) is 37.5 Å². The molecule has 9 nitrogen and oxygen atoms in total. The predicted molar refractivity (Wildman–Crippen MR) is 159 cm³/mol. The Kier molecular flexibility index (Phi) is 10.8. The van der Waals surface area contributed by atoms with Gasteiger partial charge in [-0.25, -0.2) is 0 Å². The van der Waals surface area contributed by atoms with E-state index in [1.54, 1.807) is 21.3 Å². The third-order valence-corrected chi connectivity index (χ3v) is 11.0. The van der Waals surface area contributed by atoms with E-state index in [2.05, 4.69) is 18.2 Å². The largest absolute Gasteiger partial charge is 0.462 e. The fourth-order valence-electron chi connectivity index (χ4n) is 8.52. The van der Waals surface area contributed by atoms with Crippen LogP contribution >= 0.6 is 0 Å². The number of carbonyl (C=O) groups excluding carboxylic acids is 2. The number of cyclic esters (lactones) is 1. The molecular weight excluding hydrogens is 552 g/mol. The highest BCUT2D eigenvalue weighted by Gasteiger charge is 2.52. The molecule has 3 aliphatic carbocycles. The molecule has 0 unspecified atom stereocenters. The van der Waals surface area contributed by atoms with Gasteiger partial charge in [0, 0.05) is 33.7 Å². The van der Waals surface area contributed by atoms with Crippen LogP contribution in [0.5, 0.6) is 0 Å². The molecule has 2 saturated heterocycles. The van der Waals surface area contributed by atoms with E-state index in [9.17, 15) is 14.7 Å². The molecule has 0 bridgehead atoms. The molecule has 3 fully saturated rings. The lowest BCUT2D eigenvalue weighted by molar-refractivity contribution is -0.314. The number of fused-ring (bicyclic) bond motifs is 5. The molecular formula is C34H52O9. The second-order valence-corrected chi connectivity index (χ2v) is 13.3. The van der Waals surface area contributed by atoms with Gasteiger partial charge in [-0.05, 0) is 87.0 Å². The van der Waals surface area contributed by atoms with Gasteiger partial charge in [-0.1, -0.05) is 32.1 Å². The summed E-state index contributed by atoms with van der Waals surface area (Å²) in [6, 6.07) is 0. The van der Waals surface area contributed by atoms with Gasteiger partial charge in [0.2, 0.25) is 0 Å². The molecule has 0 spiro atoms. The third kappa shape index (κ3) is 6.68. The molecule has 0 aromatic rings. The van der Waals surface area contributed by atoms with E-state index in [0.717, 1.165) is 31.3 Å². The number of methoxy groups -OCH3 is 3. The van der Waals surface area contributed by atoms with Gasteiger partial charge in [-0.3, -0.25) is 9.59 Å². The topological polar surface area (TPSA) is 110 Å². The Morgan fingerprint density at radius 1 is 0.930 bits per heavy atom. The molecule has 5 aliphatic rings. The number of ketones is 1. The molecule has 2 aliphatic heterocycles. The van der Waals surface area contributed by atoms with Crippen molar-refractivity contribution in [3.63, 3.8) is 0 Å². The molecule has 1 N–H and O–H groups in total. The maximum atomic E-state index is 13.9. The molecule has 0 aromatic carbocycles. The summed E-state index contributed by atoms with van der Waals surface area (Å²) in [5, 5.41) is 10.9. The van der Waals surface area contributed by atoms with Gasteiger partial charge >= 0.3 is 5.97 Å². The van der Waals surface area contributed by atoms with Crippen molar-refractivity contribution in [1.82, 2.24) is 0 Å². The molecule has 9 heteroatoms. The second kappa shape index (κ2) is 14.2. The van der Waals surface area contributed by atoms with Crippen LogP contribution in [0, 0.1) is 35.5 Å². The average Bonchev–Trinajstić information content (AvgIpc) is 3.58. The zero-order valence-corrected chi connectivity index (χ0v) is 26.7. The Bertz CT molecular complexity index is 1040. The van der Waals surface area contributed by atoms with E-state index in [1.807, 2.05) is 20.8 Å². The zero-order valence-electron chi connectivity index (χ0n) is 26.7. The lowest BCUT2D eigenvalue weighted by atomic mass is 9.70. The first-order valence-electron chi connectivity index (χ1n) is 16.4. The number of aliphatic hydroxyl groups is 1. The lowest BCUT2D eigenvalue weighted by Gasteiger charge is -2.44. The van der Waals surface area contributed by atoms with Crippen LogP contribution in [0.15, 0.2) is 23.8 Å². The quantitative estimate of drug-likeness (QED) is 0.349. The number of hydrogen-bond acceptors (Lipinski definition) is 9. The summed E-state index contributed by atoms with van der Waals surface area (Å²) < 4.78 is 35.9. The number of carbonyl (C=O) groups is 2. The summed E-state index contributed by atoms with van der Waals surface area (Å²) >= 11 is 0. The molecule has 242 valence electrons. The van der Waals surface area contributed by atoms with Gasteiger partial charge < -0.3 is 33.5 Å². The molecule has 0 aromatic heterocycles. The van der Waals surface area contributed by atoms with Gasteiger partial charge in [-0.2, -0.15) is 0 Å². The number of rotatable bonds is 6. The monoisotopic (exact) mass is 604 g/mol. The second-order valence-electron chi connectivity index (χ2n) is 13.3. The van der Waals surface area contributed by atoms with Crippen LogP contribution in [0.3, 0.4) is 0 Å². The fraction of sp³-hybridized carbons (Fsp3) is 0.824. The van der Waals surface area contributed by atoms with Crippen LogP contribution in [0.1, 0.15) is 72.1 Å². The molecule has 14 atom stereocenters. The van der Waals surface area contributed by atoms with Gasteiger partial charge in [0.25, 0.3) is 0 Å². The molecule has 0 amide bonds. The molecule has 5 rings (SSSR count). The van der Waals surface area contributed by atoms with E-state index < -0.39 is 24.4 Å². The Balaban J connectivity index is 1.33. The molecule has 1 saturated carbocycles. The summed E-state index contributed by atoms with van der Waals surface area (Å²) in [5.74, 6) is 0.246. The van der Waals surface area contributed by atoms with Gasteiger partial charge in [0.05, 0.1) is 18.3 Å². The van der Waals surface area contributed by atoms with Crippen molar-refractivity contribution in [2.45, 2.75) is 121 Å². The van der Waals surface area contributed by atoms with Crippen molar-refractivity contribution >= 4 is 11.8 Å². The molecule has 2 heterocycles. The van der Waals surface area contributed by atoms with E-state index in [-0.39, 0.29) is 60.0 Å². The Morgan fingerprint density at radius 2 is 1.67 bits per heavy atom. The van der Waals surface area contributed by atoms with Crippen LogP contribution in [0.25, 0.3) is 0 Å². The Morgan fingerprint density at radius 3 is 2.37 bits per heavy atom. The number of allylic oxidation sites excluding steroid dienone is 4. The number of esters is 1. The summed E-state index contributed by atoms with van der Waals surface area (Å²) in [6.45, 7) is 5.83. The highest BCUT2D eigenvalue weighted by atomic mass is 16.7. The molecule has 43 heavy (non-hydrogen) atoms. The maximum Gasteiger partial charge on any atom is 0.306 e. The predicted octanol–water partition coefficient (Wildman–Crippen LogP) is 4.40. The first-order valence-corrected chi connectivity index (χ1v) is 16.4. The van der Waals surface area contributed by atoms with E-state index >= 15 is 0 Å². The van der Waals surface area contributed by atoms with Crippen LogP contribution in [0.2, 0.25) is 0 Å². The standard InChI is InChI=1S/C34H52O9/c1-7-21-9-8-10-28(35)18(2)30(37)27-17-26-23(24(27)13-14-29(36)42-21)12-11-20-15-22(16-25(20)26)43-34-33(40-6)32(39-5)31(38-4)19(3)41-34/h11-12,17-26,28,31-35H,7-10,13-16H2,1-6H3/t18-,19-,20-,21+,22-,23+,24+,25-,26-,28+,31+,32+,33-,34+/m1/s1. The zero-order chi connectivity index (χ0) is 30.8. The highest BCUT2D eigenvalue weighted by Crippen LogP contribution is 2.54. The molecule has 0 radical (unpaired) electrons. The first-order chi connectivity index (χ1) is 20.7. The van der Waals surface area contributed by atoms with Crippen LogP contribution in [-0.2, 0) is 38.0 Å². The van der Waals surface area contributed by atoms with Crippen molar-refractivity contribution in [2.24, 2.45) is 35.5 Å².